The topological polar surface area (TPSA) is 43.9 Å². The summed E-state index contributed by atoms with van der Waals surface area (Å²) >= 11 is 0. The Bertz CT molecular complexity index is 328. The molecule has 0 atom stereocenters. The molecular weight excluding hydrogens is 242 g/mol. The van der Waals surface area contributed by atoms with E-state index in [-0.39, 0.29) is 17.4 Å². The van der Waals surface area contributed by atoms with Crippen molar-refractivity contribution in [2.75, 3.05) is 39.3 Å². The fourth-order valence-corrected chi connectivity index (χ4v) is 2.44. The van der Waals surface area contributed by atoms with Crippen molar-refractivity contribution in [1.82, 2.24) is 14.7 Å². The summed E-state index contributed by atoms with van der Waals surface area (Å²) in [6.07, 6.45) is 0. The molecule has 5 nitrogen and oxygen atoms in total. The van der Waals surface area contributed by atoms with E-state index in [1.54, 1.807) is 9.80 Å². The molecule has 1 heterocycles. The summed E-state index contributed by atoms with van der Waals surface area (Å²) in [6, 6.07) is 0. The number of likely N-dealkylation sites (N-methyl/N-ethyl adjacent to an activating group) is 2. The summed E-state index contributed by atoms with van der Waals surface area (Å²) in [4.78, 5) is 30.2. The fraction of sp³-hybridized carbons (Fsp3) is 0.857. The highest BCUT2D eigenvalue weighted by Crippen LogP contribution is 2.14. The highest BCUT2D eigenvalue weighted by Gasteiger charge is 2.33. The summed E-state index contributed by atoms with van der Waals surface area (Å²) in [5.74, 6) is -0.729. The molecule has 0 unspecified atom stereocenters. The quantitative estimate of drug-likeness (QED) is 0.696. The van der Waals surface area contributed by atoms with Crippen LogP contribution in [0.1, 0.15) is 34.6 Å². The van der Waals surface area contributed by atoms with E-state index in [4.69, 9.17) is 0 Å². The van der Waals surface area contributed by atoms with Gasteiger partial charge in [0.25, 0.3) is 0 Å². The molecule has 0 aromatic rings. The lowest BCUT2D eigenvalue weighted by atomic mass is 10.1. The van der Waals surface area contributed by atoms with Crippen LogP contribution in [0.15, 0.2) is 0 Å². The van der Waals surface area contributed by atoms with Crippen LogP contribution in [0.3, 0.4) is 0 Å². The van der Waals surface area contributed by atoms with Crippen molar-refractivity contribution in [2.45, 2.75) is 40.2 Å². The normalized spacial score (nSPS) is 17.4. The van der Waals surface area contributed by atoms with Crippen LogP contribution in [0.25, 0.3) is 0 Å². The van der Waals surface area contributed by atoms with Crippen LogP contribution in [0, 0.1) is 0 Å². The van der Waals surface area contributed by atoms with Crippen LogP contribution in [0.4, 0.5) is 0 Å². The molecule has 1 aliphatic rings. The monoisotopic (exact) mass is 269 g/mol. The van der Waals surface area contributed by atoms with E-state index in [2.05, 4.69) is 11.8 Å². The Kier molecular flexibility index (Phi) is 5.35. The third-order valence-corrected chi connectivity index (χ3v) is 3.66. The zero-order chi connectivity index (χ0) is 14.6. The summed E-state index contributed by atoms with van der Waals surface area (Å²) in [7, 11) is 0. The molecule has 19 heavy (non-hydrogen) atoms. The molecule has 1 saturated heterocycles. The minimum atomic E-state index is -0.375. The highest BCUT2D eigenvalue weighted by molar-refractivity contribution is 6.35. The number of rotatable bonds is 2. The highest BCUT2D eigenvalue weighted by atomic mass is 16.2. The van der Waals surface area contributed by atoms with Crippen LogP contribution in [0.2, 0.25) is 0 Å². The van der Waals surface area contributed by atoms with Crippen LogP contribution in [0.5, 0.6) is 0 Å². The minimum Gasteiger partial charge on any atom is -0.332 e. The third-order valence-electron chi connectivity index (χ3n) is 3.66. The molecule has 1 fully saturated rings. The molecule has 0 aromatic heterocycles. The zero-order valence-electron chi connectivity index (χ0n) is 12.9. The van der Waals surface area contributed by atoms with Crippen LogP contribution in [-0.4, -0.2) is 71.3 Å². The Morgan fingerprint density at radius 1 is 1.05 bits per heavy atom. The molecule has 0 N–H and O–H groups in total. The van der Waals surface area contributed by atoms with Crippen LogP contribution in [-0.2, 0) is 9.59 Å². The van der Waals surface area contributed by atoms with E-state index in [0.717, 1.165) is 19.6 Å². The fourth-order valence-electron chi connectivity index (χ4n) is 2.44. The van der Waals surface area contributed by atoms with Gasteiger partial charge in [-0.1, -0.05) is 6.92 Å². The predicted octanol–water partition coefficient (Wildman–Crippen LogP) is 0.798. The molecule has 110 valence electrons. The van der Waals surface area contributed by atoms with Gasteiger partial charge in [0.05, 0.1) is 0 Å². The average molecular weight is 269 g/mol. The Labute approximate surface area is 116 Å². The second-order valence-electron chi connectivity index (χ2n) is 5.95. The standard InChI is InChI=1S/C14H27N3O2/c1-6-15-8-10-16(11-9-15)12(18)13(19)17(7-2)14(3,4)5/h6-11H2,1-5H3. The van der Waals surface area contributed by atoms with Crippen LogP contribution >= 0.6 is 0 Å². The molecule has 0 saturated carbocycles. The second kappa shape index (κ2) is 6.37. The van der Waals surface area contributed by atoms with E-state index in [1.165, 1.54) is 0 Å². The third kappa shape index (κ3) is 3.93. The maximum absolute atomic E-state index is 12.3. The van der Waals surface area contributed by atoms with E-state index < -0.39 is 0 Å². The number of carbonyl (C=O) groups excluding carboxylic acids is 2. The first-order chi connectivity index (χ1) is 8.81. The van der Waals surface area contributed by atoms with Gasteiger partial charge in [-0.05, 0) is 34.2 Å². The molecule has 0 aliphatic carbocycles. The predicted molar refractivity (Wildman–Crippen MR) is 75.8 cm³/mol. The van der Waals surface area contributed by atoms with Crippen molar-refractivity contribution < 1.29 is 9.59 Å². The Morgan fingerprint density at radius 2 is 1.58 bits per heavy atom. The largest absolute Gasteiger partial charge is 0.332 e. The van der Waals surface area contributed by atoms with Crippen LogP contribution < -0.4 is 0 Å². The van der Waals surface area contributed by atoms with Crippen molar-refractivity contribution in [1.29, 1.82) is 0 Å². The van der Waals surface area contributed by atoms with Gasteiger partial charge in [-0.15, -0.1) is 0 Å². The maximum atomic E-state index is 12.3. The number of piperazine rings is 1. The summed E-state index contributed by atoms with van der Waals surface area (Å²) in [5.41, 5.74) is -0.313. The average Bonchev–Trinajstić information content (AvgIpc) is 2.37. The summed E-state index contributed by atoms with van der Waals surface area (Å²) < 4.78 is 0. The first kappa shape index (κ1) is 16.0. The number of nitrogens with zero attached hydrogens (tertiary/aromatic N) is 3. The van der Waals surface area contributed by atoms with Crippen molar-refractivity contribution in [2.24, 2.45) is 0 Å². The van der Waals surface area contributed by atoms with E-state index >= 15 is 0 Å². The maximum Gasteiger partial charge on any atom is 0.312 e. The number of hydrogen-bond donors (Lipinski definition) is 0. The molecule has 1 rings (SSSR count). The smallest absolute Gasteiger partial charge is 0.312 e. The first-order valence-corrected chi connectivity index (χ1v) is 7.14. The number of amides is 2. The molecule has 0 radical (unpaired) electrons. The van der Waals surface area contributed by atoms with Gasteiger partial charge >= 0.3 is 11.8 Å². The molecule has 0 bridgehead atoms. The van der Waals surface area contributed by atoms with E-state index in [9.17, 15) is 9.59 Å². The zero-order valence-corrected chi connectivity index (χ0v) is 12.9. The Hall–Kier alpha value is -1.10. The van der Waals surface area contributed by atoms with Gasteiger partial charge in [-0.25, -0.2) is 0 Å². The van der Waals surface area contributed by atoms with Gasteiger partial charge in [-0.3, -0.25) is 9.59 Å². The lowest BCUT2D eigenvalue weighted by Crippen LogP contribution is -2.56. The van der Waals surface area contributed by atoms with Crippen molar-refractivity contribution in [3.05, 3.63) is 0 Å². The Balaban J connectivity index is 2.65. The first-order valence-electron chi connectivity index (χ1n) is 7.14. The SMILES string of the molecule is CCN1CCN(C(=O)C(=O)N(CC)C(C)(C)C)CC1. The van der Waals surface area contributed by atoms with E-state index in [1.807, 2.05) is 27.7 Å². The second-order valence-corrected chi connectivity index (χ2v) is 5.95. The Morgan fingerprint density at radius 3 is 1.95 bits per heavy atom. The van der Waals surface area contributed by atoms with Crippen molar-refractivity contribution in [3.8, 4) is 0 Å². The van der Waals surface area contributed by atoms with Crippen molar-refractivity contribution in [3.63, 3.8) is 0 Å². The lowest BCUT2D eigenvalue weighted by Gasteiger charge is -2.38. The number of hydrogen-bond acceptors (Lipinski definition) is 3. The van der Waals surface area contributed by atoms with E-state index in [0.29, 0.717) is 19.6 Å². The van der Waals surface area contributed by atoms with Gasteiger partial charge in [0.2, 0.25) is 0 Å². The lowest BCUT2D eigenvalue weighted by molar-refractivity contribution is -0.155. The molecule has 0 aromatic carbocycles. The van der Waals surface area contributed by atoms with Crippen molar-refractivity contribution >= 4 is 11.8 Å². The summed E-state index contributed by atoms with van der Waals surface area (Å²) in [6.45, 7) is 14.5. The molecule has 1 aliphatic heterocycles. The van der Waals surface area contributed by atoms with Gasteiger partial charge < -0.3 is 14.7 Å². The minimum absolute atomic E-state index is 0.313. The summed E-state index contributed by atoms with van der Waals surface area (Å²) in [5, 5.41) is 0. The number of carbonyl (C=O) groups is 2. The molecular formula is C14H27N3O2. The van der Waals surface area contributed by atoms with Gasteiger partial charge in [-0.2, -0.15) is 0 Å². The van der Waals surface area contributed by atoms with Gasteiger partial charge in [0, 0.05) is 38.3 Å². The van der Waals surface area contributed by atoms with Gasteiger partial charge in [0.1, 0.15) is 0 Å². The molecule has 2 amide bonds. The van der Waals surface area contributed by atoms with Gasteiger partial charge in [0.15, 0.2) is 0 Å². The molecule has 5 heteroatoms. The molecule has 0 spiro atoms.